The van der Waals surface area contributed by atoms with Gasteiger partial charge in [0.1, 0.15) is 5.38 Å². The fourth-order valence-corrected chi connectivity index (χ4v) is 1.42. The largest absolute Gasteiger partial charge is 0.406 e. The molecule has 2 heterocycles. The highest BCUT2D eigenvalue weighted by Gasteiger charge is 2.10. The summed E-state index contributed by atoms with van der Waals surface area (Å²) in [7, 11) is 0. The minimum absolute atomic E-state index is 0.282. The Morgan fingerprint density at radius 2 is 2.24 bits per heavy atom. The van der Waals surface area contributed by atoms with Gasteiger partial charge in [-0.1, -0.05) is 11.2 Å². The molecule has 2 aromatic heterocycles. The summed E-state index contributed by atoms with van der Waals surface area (Å²) in [6.45, 7) is 4.27. The van der Waals surface area contributed by atoms with Crippen molar-refractivity contribution in [3.05, 3.63) is 35.5 Å². The average molecular weight is 253 g/mol. The predicted octanol–water partition coefficient (Wildman–Crippen LogP) is 2.68. The molecule has 2 aromatic rings. The van der Waals surface area contributed by atoms with Crippen molar-refractivity contribution in [2.24, 2.45) is 0 Å². The highest BCUT2D eigenvalue weighted by Crippen LogP contribution is 2.19. The van der Waals surface area contributed by atoms with E-state index in [1.807, 2.05) is 25.1 Å². The lowest BCUT2D eigenvalue weighted by Gasteiger charge is -2.01. The molecule has 17 heavy (non-hydrogen) atoms. The summed E-state index contributed by atoms with van der Waals surface area (Å²) < 4.78 is 5.30. The van der Waals surface area contributed by atoms with Crippen LogP contribution in [-0.4, -0.2) is 15.2 Å². The van der Waals surface area contributed by atoms with Gasteiger partial charge in [0.05, 0.1) is 12.2 Å². The van der Waals surface area contributed by atoms with Gasteiger partial charge >= 0.3 is 6.01 Å². The van der Waals surface area contributed by atoms with Crippen molar-refractivity contribution in [1.82, 2.24) is 15.2 Å². The van der Waals surface area contributed by atoms with Gasteiger partial charge in [-0.05, 0) is 26.0 Å². The van der Waals surface area contributed by atoms with Gasteiger partial charge < -0.3 is 9.73 Å². The Balaban J connectivity index is 1.97. The molecule has 0 aliphatic rings. The first-order chi connectivity index (χ1) is 8.15. The Labute approximate surface area is 104 Å². The van der Waals surface area contributed by atoms with E-state index in [0.717, 1.165) is 11.4 Å². The van der Waals surface area contributed by atoms with Gasteiger partial charge in [-0.25, -0.2) is 0 Å². The van der Waals surface area contributed by atoms with Crippen LogP contribution in [0.25, 0.3) is 0 Å². The van der Waals surface area contributed by atoms with E-state index < -0.39 is 0 Å². The maximum atomic E-state index is 5.82. The third kappa shape index (κ3) is 3.17. The number of aromatic nitrogens is 3. The molecule has 0 spiro atoms. The summed E-state index contributed by atoms with van der Waals surface area (Å²) in [5.74, 6) is 0.409. The van der Waals surface area contributed by atoms with Gasteiger partial charge in [0.2, 0.25) is 5.89 Å². The van der Waals surface area contributed by atoms with Crippen molar-refractivity contribution in [1.29, 1.82) is 0 Å². The van der Waals surface area contributed by atoms with Crippen molar-refractivity contribution >= 4 is 17.6 Å². The molecule has 90 valence electrons. The lowest BCUT2D eigenvalue weighted by atomic mass is 10.3. The standard InChI is InChI=1S/C11H13ClN4O/c1-7-4-3-5-9(14-7)6-13-11-16-15-10(17-11)8(2)12/h3-5,8H,6H2,1-2H3,(H,13,16). The molecule has 5 nitrogen and oxygen atoms in total. The van der Waals surface area contributed by atoms with Crippen LogP contribution in [0.4, 0.5) is 6.01 Å². The van der Waals surface area contributed by atoms with Crippen LogP contribution in [0.3, 0.4) is 0 Å². The van der Waals surface area contributed by atoms with Crippen molar-refractivity contribution in [2.75, 3.05) is 5.32 Å². The number of pyridine rings is 1. The van der Waals surface area contributed by atoms with Crippen LogP contribution < -0.4 is 5.32 Å². The molecule has 0 amide bonds. The molecule has 1 N–H and O–H groups in total. The monoisotopic (exact) mass is 252 g/mol. The van der Waals surface area contributed by atoms with Crippen LogP contribution in [0.2, 0.25) is 0 Å². The lowest BCUT2D eigenvalue weighted by molar-refractivity contribution is 0.505. The normalized spacial score (nSPS) is 12.4. The molecule has 2 rings (SSSR count). The third-order valence-electron chi connectivity index (χ3n) is 2.15. The lowest BCUT2D eigenvalue weighted by Crippen LogP contribution is -2.02. The van der Waals surface area contributed by atoms with E-state index in [9.17, 15) is 0 Å². The van der Waals surface area contributed by atoms with E-state index in [1.165, 1.54) is 0 Å². The van der Waals surface area contributed by atoms with Crippen LogP contribution in [0, 0.1) is 6.92 Å². The van der Waals surface area contributed by atoms with E-state index in [0.29, 0.717) is 18.5 Å². The molecule has 0 saturated heterocycles. The zero-order chi connectivity index (χ0) is 12.3. The van der Waals surface area contributed by atoms with Gasteiger partial charge in [-0.2, -0.15) is 0 Å². The van der Waals surface area contributed by atoms with E-state index in [4.69, 9.17) is 16.0 Å². The predicted molar refractivity (Wildman–Crippen MR) is 64.9 cm³/mol. The molecular weight excluding hydrogens is 240 g/mol. The second-order valence-corrected chi connectivity index (χ2v) is 4.34. The number of halogens is 1. The van der Waals surface area contributed by atoms with Crippen LogP contribution in [-0.2, 0) is 6.54 Å². The van der Waals surface area contributed by atoms with E-state index in [-0.39, 0.29) is 5.38 Å². The molecule has 0 aliphatic carbocycles. The topological polar surface area (TPSA) is 63.8 Å². The molecule has 1 unspecified atom stereocenters. The first-order valence-electron chi connectivity index (χ1n) is 5.29. The van der Waals surface area contributed by atoms with Crippen molar-refractivity contribution in [3.8, 4) is 0 Å². The first-order valence-corrected chi connectivity index (χ1v) is 5.72. The molecule has 0 bridgehead atoms. The quantitative estimate of drug-likeness (QED) is 0.848. The van der Waals surface area contributed by atoms with E-state index in [1.54, 1.807) is 6.92 Å². The zero-order valence-electron chi connectivity index (χ0n) is 9.64. The number of rotatable bonds is 4. The van der Waals surface area contributed by atoms with Crippen molar-refractivity contribution < 1.29 is 4.42 Å². The summed E-state index contributed by atoms with van der Waals surface area (Å²) in [6.07, 6.45) is 0. The minimum atomic E-state index is -0.282. The van der Waals surface area contributed by atoms with Crippen LogP contribution in [0.1, 0.15) is 29.6 Å². The SMILES string of the molecule is Cc1cccc(CNc2nnc(C(C)Cl)o2)n1. The van der Waals surface area contributed by atoms with E-state index in [2.05, 4.69) is 20.5 Å². The minimum Gasteiger partial charge on any atom is -0.406 e. The number of aryl methyl sites for hydroxylation is 1. The fourth-order valence-electron chi connectivity index (χ4n) is 1.33. The Hall–Kier alpha value is -1.62. The number of nitrogens with zero attached hydrogens (tertiary/aromatic N) is 3. The summed E-state index contributed by atoms with van der Waals surface area (Å²) in [5.41, 5.74) is 1.90. The second kappa shape index (κ2) is 5.14. The first kappa shape index (κ1) is 11.9. The van der Waals surface area contributed by atoms with Gasteiger partial charge in [-0.3, -0.25) is 4.98 Å². The maximum Gasteiger partial charge on any atom is 0.315 e. The number of hydrogen-bond donors (Lipinski definition) is 1. The van der Waals surface area contributed by atoms with Gasteiger partial charge in [0.25, 0.3) is 0 Å². The molecule has 0 radical (unpaired) electrons. The average Bonchev–Trinajstić information content (AvgIpc) is 2.75. The summed E-state index contributed by atoms with van der Waals surface area (Å²) in [4.78, 5) is 4.35. The summed E-state index contributed by atoms with van der Waals surface area (Å²) in [5, 5.41) is 10.4. The van der Waals surface area contributed by atoms with Crippen LogP contribution >= 0.6 is 11.6 Å². The number of alkyl halides is 1. The Morgan fingerprint density at radius 3 is 2.88 bits per heavy atom. The fraction of sp³-hybridized carbons (Fsp3) is 0.364. The number of anilines is 1. The maximum absolute atomic E-state index is 5.82. The Bertz CT molecular complexity index is 498. The smallest absolute Gasteiger partial charge is 0.315 e. The van der Waals surface area contributed by atoms with Gasteiger partial charge in [0, 0.05) is 5.69 Å². The number of hydrogen-bond acceptors (Lipinski definition) is 5. The molecule has 0 fully saturated rings. The molecule has 1 atom stereocenters. The second-order valence-electron chi connectivity index (χ2n) is 3.69. The molecule has 6 heteroatoms. The van der Waals surface area contributed by atoms with Gasteiger partial charge in [0.15, 0.2) is 0 Å². The summed E-state index contributed by atoms with van der Waals surface area (Å²) in [6, 6.07) is 6.19. The molecular formula is C11H13ClN4O. The Kier molecular flexibility index (Phi) is 3.58. The van der Waals surface area contributed by atoms with Gasteiger partial charge in [-0.15, -0.1) is 16.7 Å². The van der Waals surface area contributed by atoms with Crippen molar-refractivity contribution in [2.45, 2.75) is 25.8 Å². The third-order valence-corrected chi connectivity index (χ3v) is 2.33. The molecule has 0 aromatic carbocycles. The molecule has 0 saturated carbocycles. The number of nitrogens with one attached hydrogen (secondary N) is 1. The highest BCUT2D eigenvalue weighted by molar-refractivity contribution is 6.20. The Morgan fingerprint density at radius 1 is 1.41 bits per heavy atom. The summed E-state index contributed by atoms with van der Waals surface area (Å²) >= 11 is 5.82. The van der Waals surface area contributed by atoms with Crippen LogP contribution in [0.5, 0.6) is 0 Å². The van der Waals surface area contributed by atoms with E-state index >= 15 is 0 Å². The highest BCUT2D eigenvalue weighted by atomic mass is 35.5. The molecule has 0 aliphatic heterocycles. The van der Waals surface area contributed by atoms with Crippen molar-refractivity contribution in [3.63, 3.8) is 0 Å². The zero-order valence-corrected chi connectivity index (χ0v) is 10.4. The van der Waals surface area contributed by atoms with Crippen LogP contribution in [0.15, 0.2) is 22.6 Å².